The van der Waals surface area contributed by atoms with Gasteiger partial charge in [0.15, 0.2) is 9.84 Å². The predicted molar refractivity (Wildman–Crippen MR) is 160 cm³/mol. The number of rotatable bonds is 13. The summed E-state index contributed by atoms with van der Waals surface area (Å²) in [5.41, 5.74) is 3.52. The molecule has 4 N–H and O–H groups in total. The van der Waals surface area contributed by atoms with Gasteiger partial charge in [0.1, 0.15) is 17.3 Å². The standard InChI is InChI=1S/C30H31ClF3N3O5S/c1-19(35-15-28(38)22-3-2-4-24(31)13-22)11-21-7-10-26-23(12-21)14-27(29(39)40)37(26)16-20-5-8-25(9-6-20)36-18-43(41,42)17-30(32,33)34/h2-10,12-14,19,28,35-36,38H,11,15-18H2,1H3,(H,39,40). The van der Waals surface area contributed by atoms with Crippen LogP contribution < -0.4 is 10.6 Å². The molecule has 2 unspecified atom stereocenters. The molecule has 13 heteroatoms. The van der Waals surface area contributed by atoms with E-state index in [-0.39, 0.29) is 18.3 Å². The largest absolute Gasteiger partial charge is 0.477 e. The molecule has 0 spiro atoms. The average Bonchev–Trinajstić information content (AvgIpc) is 3.28. The Morgan fingerprint density at radius 3 is 2.37 bits per heavy atom. The molecule has 0 aliphatic carbocycles. The SMILES string of the molecule is CC(Cc1ccc2c(c1)cc(C(=O)O)n2Cc1ccc(NCS(=O)(=O)CC(F)(F)F)cc1)NCC(O)c1cccc(Cl)c1. The summed E-state index contributed by atoms with van der Waals surface area (Å²) >= 11 is 6.01. The van der Waals surface area contributed by atoms with Crippen molar-refractivity contribution in [3.8, 4) is 0 Å². The predicted octanol–water partition coefficient (Wildman–Crippen LogP) is 5.64. The molecule has 2 atom stereocenters. The fourth-order valence-corrected chi connectivity index (χ4v) is 5.96. The molecule has 0 amide bonds. The Bertz CT molecular complexity index is 1690. The second kappa shape index (κ2) is 13.4. The van der Waals surface area contributed by atoms with E-state index in [1.54, 1.807) is 41.0 Å². The molecule has 4 rings (SSSR count). The number of nitrogens with one attached hydrogen (secondary N) is 2. The molecule has 43 heavy (non-hydrogen) atoms. The second-order valence-corrected chi connectivity index (χ2v) is 12.9. The second-order valence-electron chi connectivity index (χ2n) is 10.4. The van der Waals surface area contributed by atoms with Gasteiger partial charge in [-0.25, -0.2) is 13.2 Å². The Morgan fingerprint density at radius 2 is 1.72 bits per heavy atom. The van der Waals surface area contributed by atoms with Gasteiger partial charge in [0.25, 0.3) is 0 Å². The average molecular weight is 638 g/mol. The third-order valence-corrected chi connectivity index (χ3v) is 8.38. The van der Waals surface area contributed by atoms with E-state index >= 15 is 0 Å². The van der Waals surface area contributed by atoms with Crippen molar-refractivity contribution in [1.82, 2.24) is 9.88 Å². The maximum atomic E-state index is 12.4. The first kappa shape index (κ1) is 32.3. The summed E-state index contributed by atoms with van der Waals surface area (Å²) in [7, 11) is -4.38. The van der Waals surface area contributed by atoms with E-state index in [9.17, 15) is 36.6 Å². The number of benzene rings is 3. The van der Waals surface area contributed by atoms with Crippen molar-refractivity contribution in [2.45, 2.75) is 38.2 Å². The van der Waals surface area contributed by atoms with Crippen molar-refractivity contribution in [3.05, 3.63) is 100 Å². The summed E-state index contributed by atoms with van der Waals surface area (Å²) in [6.07, 6.45) is -4.90. The normalized spacial score (nSPS) is 13.6. The van der Waals surface area contributed by atoms with Crippen LogP contribution in [0, 0.1) is 0 Å². The molecule has 0 aliphatic rings. The minimum absolute atomic E-state index is 0.0166. The van der Waals surface area contributed by atoms with Crippen LogP contribution in [-0.2, 0) is 22.8 Å². The van der Waals surface area contributed by atoms with Gasteiger partial charge in [0, 0.05) is 40.7 Å². The fourth-order valence-electron chi connectivity index (χ4n) is 4.77. The number of halogens is 4. The monoisotopic (exact) mass is 637 g/mol. The molecule has 0 saturated carbocycles. The zero-order valence-electron chi connectivity index (χ0n) is 23.1. The summed E-state index contributed by atoms with van der Waals surface area (Å²) in [6.45, 7) is 2.53. The molecule has 1 aromatic heterocycles. The Hall–Kier alpha value is -3.58. The molecule has 3 aromatic carbocycles. The van der Waals surface area contributed by atoms with E-state index in [0.29, 0.717) is 34.8 Å². The van der Waals surface area contributed by atoms with E-state index < -0.39 is 39.7 Å². The molecule has 1 heterocycles. The molecule has 0 saturated heterocycles. The van der Waals surface area contributed by atoms with Gasteiger partial charge >= 0.3 is 12.1 Å². The molecule has 4 aromatic rings. The van der Waals surface area contributed by atoms with Crippen molar-refractivity contribution in [3.63, 3.8) is 0 Å². The number of fused-ring (bicyclic) bond motifs is 1. The highest BCUT2D eigenvalue weighted by molar-refractivity contribution is 7.91. The van der Waals surface area contributed by atoms with Gasteiger partial charge in [-0.3, -0.25) is 0 Å². The summed E-state index contributed by atoms with van der Waals surface area (Å²) in [6, 6.07) is 20.7. The lowest BCUT2D eigenvalue weighted by Crippen LogP contribution is -2.32. The maximum Gasteiger partial charge on any atom is 0.402 e. The van der Waals surface area contributed by atoms with Crippen LogP contribution >= 0.6 is 11.6 Å². The lowest BCUT2D eigenvalue weighted by molar-refractivity contribution is -0.106. The van der Waals surface area contributed by atoms with Gasteiger partial charge in [-0.2, -0.15) is 13.2 Å². The smallest absolute Gasteiger partial charge is 0.402 e. The van der Waals surface area contributed by atoms with Gasteiger partial charge in [-0.05, 0) is 72.5 Å². The zero-order valence-corrected chi connectivity index (χ0v) is 24.7. The number of carboxylic acid groups (broad SMARTS) is 1. The lowest BCUT2D eigenvalue weighted by atomic mass is 10.0. The number of hydrogen-bond acceptors (Lipinski definition) is 6. The number of carboxylic acids is 1. The topological polar surface area (TPSA) is 121 Å². The quantitative estimate of drug-likeness (QED) is 0.150. The Balaban J connectivity index is 1.42. The third kappa shape index (κ3) is 9.20. The first-order valence-corrected chi connectivity index (χ1v) is 15.5. The molecule has 0 radical (unpaired) electrons. The van der Waals surface area contributed by atoms with Gasteiger partial charge in [-0.15, -0.1) is 0 Å². The maximum absolute atomic E-state index is 12.4. The van der Waals surface area contributed by atoms with Crippen molar-refractivity contribution < 1.29 is 36.6 Å². The Kier molecular flexibility index (Phi) is 10.1. The van der Waals surface area contributed by atoms with Gasteiger partial charge in [-0.1, -0.05) is 41.9 Å². The van der Waals surface area contributed by atoms with Gasteiger partial charge in [0.2, 0.25) is 0 Å². The first-order valence-electron chi connectivity index (χ1n) is 13.3. The van der Waals surface area contributed by atoms with E-state index in [0.717, 1.165) is 16.5 Å². The number of hydrogen-bond donors (Lipinski definition) is 4. The molecule has 8 nitrogen and oxygen atoms in total. The van der Waals surface area contributed by atoms with Crippen LogP contribution in [-0.4, -0.2) is 59.6 Å². The number of anilines is 1. The number of aromatic carboxylic acids is 1. The molecular formula is C30H31ClF3N3O5S. The van der Waals surface area contributed by atoms with Crippen LogP contribution in [0.4, 0.5) is 18.9 Å². The first-order chi connectivity index (χ1) is 20.2. The number of carbonyl (C=O) groups is 1. The lowest BCUT2D eigenvalue weighted by Gasteiger charge is -2.18. The number of aliphatic hydroxyl groups is 1. The Labute approximate surface area is 252 Å². The highest BCUT2D eigenvalue weighted by atomic mass is 35.5. The van der Waals surface area contributed by atoms with Crippen molar-refractivity contribution >= 4 is 44.0 Å². The van der Waals surface area contributed by atoms with Gasteiger partial charge in [0.05, 0.1) is 6.10 Å². The zero-order chi connectivity index (χ0) is 31.4. The third-order valence-electron chi connectivity index (χ3n) is 6.79. The minimum Gasteiger partial charge on any atom is -0.477 e. The summed E-state index contributed by atoms with van der Waals surface area (Å²) in [5.74, 6) is -3.87. The van der Waals surface area contributed by atoms with Crippen LogP contribution in [0.15, 0.2) is 72.8 Å². The fraction of sp³-hybridized carbons (Fsp3) is 0.300. The molecular weight excluding hydrogens is 607 g/mol. The van der Waals surface area contributed by atoms with Crippen LogP contribution in [0.5, 0.6) is 0 Å². The van der Waals surface area contributed by atoms with Crippen molar-refractivity contribution in [1.29, 1.82) is 0 Å². The highest BCUT2D eigenvalue weighted by Gasteiger charge is 2.34. The van der Waals surface area contributed by atoms with E-state index in [4.69, 9.17) is 11.6 Å². The van der Waals surface area contributed by atoms with Crippen LogP contribution in [0.25, 0.3) is 10.9 Å². The van der Waals surface area contributed by atoms with Crippen LogP contribution in [0.2, 0.25) is 5.02 Å². The summed E-state index contributed by atoms with van der Waals surface area (Å²) < 4.78 is 62.3. The van der Waals surface area contributed by atoms with E-state index in [2.05, 4.69) is 10.6 Å². The van der Waals surface area contributed by atoms with Crippen molar-refractivity contribution in [2.75, 3.05) is 23.5 Å². The number of alkyl halides is 3. The molecule has 0 fully saturated rings. The van der Waals surface area contributed by atoms with E-state index in [1.165, 1.54) is 12.1 Å². The minimum atomic E-state index is -4.82. The van der Waals surface area contributed by atoms with E-state index in [1.807, 2.05) is 31.2 Å². The van der Waals surface area contributed by atoms with Crippen molar-refractivity contribution in [2.24, 2.45) is 0 Å². The summed E-state index contributed by atoms with van der Waals surface area (Å²) in [4.78, 5) is 12.1. The highest BCUT2D eigenvalue weighted by Crippen LogP contribution is 2.25. The number of nitrogens with zero attached hydrogens (tertiary/aromatic N) is 1. The molecule has 0 bridgehead atoms. The van der Waals surface area contributed by atoms with Crippen LogP contribution in [0.3, 0.4) is 0 Å². The summed E-state index contributed by atoms with van der Waals surface area (Å²) in [5, 5.41) is 27.4. The molecule has 230 valence electrons. The number of aromatic nitrogens is 1. The van der Waals surface area contributed by atoms with Gasteiger partial charge < -0.3 is 25.4 Å². The molecule has 0 aliphatic heterocycles. The Morgan fingerprint density at radius 1 is 1.02 bits per heavy atom. The number of aliphatic hydroxyl groups excluding tert-OH is 1. The number of sulfone groups is 1. The van der Waals surface area contributed by atoms with Crippen LogP contribution in [0.1, 0.15) is 40.2 Å².